The standard InChI is InChI=1S/C18H29N3O4.C3H8/c1-14(19-6-7-20-18(22)24-3)15-4-5-17(23-2)16(12-15)13-21-8-10-25-11-9-21;1-3-2/h4-5,12,14,19H,6-11,13H2,1-3H3,(H,20,22);3H2,1-2H3. The van der Waals surface area contributed by atoms with E-state index < -0.39 is 6.09 Å². The van der Waals surface area contributed by atoms with Gasteiger partial charge in [-0.2, -0.15) is 0 Å². The molecular weight excluding hydrogens is 358 g/mol. The summed E-state index contributed by atoms with van der Waals surface area (Å²) >= 11 is 0. The number of methoxy groups -OCH3 is 2. The molecule has 1 fully saturated rings. The Balaban J connectivity index is 0.00000122. The smallest absolute Gasteiger partial charge is 0.406 e. The zero-order chi connectivity index (χ0) is 20.8. The number of amides is 1. The first-order valence-electron chi connectivity index (χ1n) is 10.1. The molecule has 0 radical (unpaired) electrons. The maximum atomic E-state index is 11.0. The second-order valence-corrected chi connectivity index (χ2v) is 6.76. The fourth-order valence-electron chi connectivity index (χ4n) is 2.83. The lowest BCUT2D eigenvalue weighted by molar-refractivity contribution is 0.0338. The Morgan fingerprint density at radius 3 is 2.50 bits per heavy atom. The van der Waals surface area contributed by atoms with Crippen LogP contribution in [0.3, 0.4) is 0 Å². The minimum atomic E-state index is -0.410. The van der Waals surface area contributed by atoms with Gasteiger partial charge in [0.1, 0.15) is 5.75 Å². The number of carbonyl (C=O) groups is 1. The Hall–Kier alpha value is -1.83. The topological polar surface area (TPSA) is 72.1 Å². The molecular formula is C21H37N3O4. The minimum absolute atomic E-state index is 0.175. The first-order valence-corrected chi connectivity index (χ1v) is 10.1. The van der Waals surface area contributed by atoms with Gasteiger partial charge < -0.3 is 24.8 Å². The Morgan fingerprint density at radius 2 is 1.89 bits per heavy atom. The predicted molar refractivity (Wildman–Crippen MR) is 112 cm³/mol. The van der Waals surface area contributed by atoms with E-state index in [0.717, 1.165) is 38.6 Å². The van der Waals surface area contributed by atoms with Crippen molar-refractivity contribution in [2.75, 3.05) is 53.6 Å². The van der Waals surface area contributed by atoms with E-state index in [1.54, 1.807) is 7.11 Å². The summed E-state index contributed by atoms with van der Waals surface area (Å²) in [5, 5.41) is 6.06. The molecule has 0 saturated carbocycles. The van der Waals surface area contributed by atoms with Crippen LogP contribution in [0, 0.1) is 0 Å². The number of nitrogens with one attached hydrogen (secondary N) is 2. The van der Waals surface area contributed by atoms with Crippen molar-refractivity contribution >= 4 is 6.09 Å². The molecule has 1 aromatic rings. The molecule has 28 heavy (non-hydrogen) atoms. The maximum absolute atomic E-state index is 11.0. The summed E-state index contributed by atoms with van der Waals surface area (Å²) < 4.78 is 15.5. The number of rotatable bonds is 8. The van der Waals surface area contributed by atoms with Crippen LogP contribution in [0.25, 0.3) is 0 Å². The van der Waals surface area contributed by atoms with Crippen molar-refractivity contribution < 1.29 is 19.0 Å². The van der Waals surface area contributed by atoms with Gasteiger partial charge in [-0.25, -0.2) is 4.79 Å². The van der Waals surface area contributed by atoms with E-state index >= 15 is 0 Å². The second kappa shape index (κ2) is 14.2. The predicted octanol–water partition coefficient (Wildman–Crippen LogP) is 2.95. The molecule has 0 bridgehead atoms. The Morgan fingerprint density at radius 1 is 1.21 bits per heavy atom. The van der Waals surface area contributed by atoms with Gasteiger partial charge in [-0.3, -0.25) is 4.90 Å². The zero-order valence-corrected chi connectivity index (χ0v) is 18.0. The third kappa shape index (κ3) is 8.91. The molecule has 1 unspecified atom stereocenters. The number of alkyl carbamates (subject to hydrolysis) is 1. The van der Waals surface area contributed by atoms with Gasteiger partial charge in [0.25, 0.3) is 0 Å². The molecule has 7 nitrogen and oxygen atoms in total. The summed E-state index contributed by atoms with van der Waals surface area (Å²) in [6.07, 6.45) is 0.840. The molecule has 1 saturated heterocycles. The summed E-state index contributed by atoms with van der Waals surface area (Å²) in [6.45, 7) is 11.9. The molecule has 160 valence electrons. The van der Waals surface area contributed by atoms with E-state index in [1.165, 1.54) is 24.7 Å². The highest BCUT2D eigenvalue weighted by Gasteiger charge is 2.15. The molecule has 1 aliphatic rings. The van der Waals surface area contributed by atoms with Crippen molar-refractivity contribution in [3.8, 4) is 5.75 Å². The van der Waals surface area contributed by atoms with E-state index in [0.29, 0.717) is 13.1 Å². The molecule has 0 spiro atoms. The van der Waals surface area contributed by atoms with Crippen LogP contribution in [0.4, 0.5) is 4.79 Å². The van der Waals surface area contributed by atoms with Gasteiger partial charge in [-0.15, -0.1) is 0 Å². The van der Waals surface area contributed by atoms with Gasteiger partial charge in [-0.05, 0) is 24.6 Å². The van der Waals surface area contributed by atoms with E-state index in [2.05, 4.69) is 53.2 Å². The number of hydrogen-bond acceptors (Lipinski definition) is 6. The van der Waals surface area contributed by atoms with Crippen LogP contribution >= 0.6 is 0 Å². The first-order chi connectivity index (χ1) is 13.5. The molecule has 1 aromatic carbocycles. The zero-order valence-electron chi connectivity index (χ0n) is 18.0. The Bertz CT molecular complexity index is 563. The molecule has 2 N–H and O–H groups in total. The van der Waals surface area contributed by atoms with Gasteiger partial charge in [0, 0.05) is 44.3 Å². The van der Waals surface area contributed by atoms with Crippen molar-refractivity contribution in [1.29, 1.82) is 0 Å². The van der Waals surface area contributed by atoms with Gasteiger partial charge in [0.05, 0.1) is 27.4 Å². The summed E-state index contributed by atoms with van der Waals surface area (Å²) in [7, 11) is 3.07. The minimum Gasteiger partial charge on any atom is -0.496 e. The fourth-order valence-corrected chi connectivity index (χ4v) is 2.83. The van der Waals surface area contributed by atoms with Gasteiger partial charge in [0.2, 0.25) is 0 Å². The Kier molecular flexibility index (Phi) is 12.3. The molecule has 1 aliphatic heterocycles. The molecule has 1 heterocycles. The lowest BCUT2D eigenvalue weighted by Crippen LogP contribution is -2.35. The largest absolute Gasteiger partial charge is 0.496 e. The highest BCUT2D eigenvalue weighted by atomic mass is 16.5. The van der Waals surface area contributed by atoms with Gasteiger partial charge >= 0.3 is 6.09 Å². The van der Waals surface area contributed by atoms with E-state index in [1.807, 2.05) is 6.07 Å². The van der Waals surface area contributed by atoms with Crippen molar-refractivity contribution in [3.05, 3.63) is 29.3 Å². The Labute approximate surface area is 169 Å². The SMILES string of the molecule is CCC.COC(=O)NCCNC(C)c1ccc(OC)c(CN2CCOCC2)c1. The van der Waals surface area contributed by atoms with Crippen molar-refractivity contribution in [2.24, 2.45) is 0 Å². The molecule has 2 rings (SSSR count). The second-order valence-electron chi connectivity index (χ2n) is 6.76. The third-order valence-corrected chi connectivity index (χ3v) is 4.33. The lowest BCUT2D eigenvalue weighted by atomic mass is 10.0. The quantitative estimate of drug-likeness (QED) is 0.660. The number of hydrogen-bond donors (Lipinski definition) is 2. The molecule has 0 aromatic heterocycles. The molecule has 1 amide bonds. The highest BCUT2D eigenvalue weighted by Crippen LogP contribution is 2.25. The summed E-state index contributed by atoms with van der Waals surface area (Å²) in [6, 6.07) is 6.47. The van der Waals surface area contributed by atoms with E-state index in [9.17, 15) is 4.79 Å². The fraction of sp³-hybridized carbons (Fsp3) is 0.667. The van der Waals surface area contributed by atoms with Gasteiger partial charge in [0.15, 0.2) is 0 Å². The average molecular weight is 396 g/mol. The van der Waals surface area contributed by atoms with Gasteiger partial charge in [-0.1, -0.05) is 26.3 Å². The molecule has 1 atom stereocenters. The van der Waals surface area contributed by atoms with Crippen molar-refractivity contribution in [2.45, 2.75) is 39.8 Å². The van der Waals surface area contributed by atoms with Crippen LogP contribution in [-0.2, 0) is 16.0 Å². The number of benzene rings is 1. The number of ether oxygens (including phenoxy) is 3. The van der Waals surface area contributed by atoms with Crippen molar-refractivity contribution in [1.82, 2.24) is 15.5 Å². The van der Waals surface area contributed by atoms with Crippen LogP contribution in [0.2, 0.25) is 0 Å². The third-order valence-electron chi connectivity index (χ3n) is 4.33. The number of morpholine rings is 1. The first kappa shape index (κ1) is 24.2. The van der Waals surface area contributed by atoms with Crippen LogP contribution in [0.1, 0.15) is 44.4 Å². The molecule has 0 aliphatic carbocycles. The lowest BCUT2D eigenvalue weighted by Gasteiger charge is -2.27. The van der Waals surface area contributed by atoms with Crippen molar-refractivity contribution in [3.63, 3.8) is 0 Å². The van der Waals surface area contributed by atoms with Crippen LogP contribution < -0.4 is 15.4 Å². The van der Waals surface area contributed by atoms with Crippen LogP contribution in [0.5, 0.6) is 5.75 Å². The summed E-state index contributed by atoms with van der Waals surface area (Å²) in [5.41, 5.74) is 2.38. The van der Waals surface area contributed by atoms with Crippen LogP contribution in [-0.4, -0.2) is 64.6 Å². The van der Waals surface area contributed by atoms with Crippen LogP contribution in [0.15, 0.2) is 18.2 Å². The van der Waals surface area contributed by atoms with E-state index in [-0.39, 0.29) is 6.04 Å². The number of nitrogens with zero attached hydrogens (tertiary/aromatic N) is 1. The highest BCUT2D eigenvalue weighted by molar-refractivity contribution is 5.66. The van der Waals surface area contributed by atoms with E-state index in [4.69, 9.17) is 9.47 Å². The normalized spacial score (nSPS) is 15.2. The summed E-state index contributed by atoms with van der Waals surface area (Å²) in [4.78, 5) is 13.4. The monoisotopic (exact) mass is 395 g/mol. The molecule has 7 heteroatoms. The summed E-state index contributed by atoms with van der Waals surface area (Å²) in [5.74, 6) is 0.912. The average Bonchev–Trinajstić information content (AvgIpc) is 2.72. The maximum Gasteiger partial charge on any atom is 0.406 e. The number of carbonyl (C=O) groups excluding carboxylic acids is 1.